The fourth-order valence-electron chi connectivity index (χ4n) is 5.10. The quantitative estimate of drug-likeness (QED) is 0.300. The molecular weight excluding hydrogens is 338 g/mol. The summed E-state index contributed by atoms with van der Waals surface area (Å²) in [6.45, 7) is 0. The lowest BCUT2D eigenvalue weighted by Gasteiger charge is -2.28. The minimum Gasteiger partial charge on any atom is -0.254 e. The van der Waals surface area contributed by atoms with E-state index in [2.05, 4.69) is 84.0 Å². The second-order valence-electron chi connectivity index (χ2n) is 7.83. The Labute approximate surface area is 164 Å². The van der Waals surface area contributed by atoms with Crippen LogP contribution in [0.25, 0.3) is 32.3 Å². The van der Waals surface area contributed by atoms with Crippen LogP contribution in [0.1, 0.15) is 35.4 Å². The summed E-state index contributed by atoms with van der Waals surface area (Å²) in [6, 6.07) is 26.7. The van der Waals surface area contributed by atoms with Crippen molar-refractivity contribution in [1.29, 1.82) is 0 Å². The van der Waals surface area contributed by atoms with Crippen molar-refractivity contribution in [2.75, 3.05) is 0 Å². The van der Waals surface area contributed by atoms with Gasteiger partial charge < -0.3 is 0 Å². The summed E-state index contributed by atoms with van der Waals surface area (Å²) in [5.74, 6) is 0.420. The number of rotatable bonds is 1. The third kappa shape index (κ3) is 2.29. The molecule has 28 heavy (non-hydrogen) atoms. The Morgan fingerprint density at radius 2 is 1.61 bits per heavy atom. The SMILES string of the molecule is [c]1nccc2cccc(C3CCCc4c3ccc3c4ccc4ccccc43)c12. The molecule has 6 rings (SSSR count). The summed E-state index contributed by atoms with van der Waals surface area (Å²) in [5.41, 5.74) is 4.38. The van der Waals surface area contributed by atoms with E-state index in [0.29, 0.717) is 5.92 Å². The molecule has 133 valence electrons. The van der Waals surface area contributed by atoms with E-state index >= 15 is 0 Å². The van der Waals surface area contributed by atoms with Gasteiger partial charge in [-0.05, 0) is 69.0 Å². The first-order valence-electron chi connectivity index (χ1n) is 10.1. The molecule has 0 amide bonds. The van der Waals surface area contributed by atoms with Gasteiger partial charge in [0.1, 0.15) is 0 Å². The van der Waals surface area contributed by atoms with Crippen molar-refractivity contribution in [3.8, 4) is 0 Å². The molecule has 1 heteroatoms. The van der Waals surface area contributed by atoms with Crippen LogP contribution in [0.3, 0.4) is 0 Å². The summed E-state index contributed by atoms with van der Waals surface area (Å²) >= 11 is 0. The van der Waals surface area contributed by atoms with Crippen LogP contribution in [0.15, 0.2) is 79.0 Å². The number of aryl methyl sites for hydroxylation is 1. The number of fused-ring (bicyclic) bond motifs is 6. The maximum Gasteiger partial charge on any atom is 0.0973 e. The molecule has 1 heterocycles. The van der Waals surface area contributed by atoms with E-state index in [1.165, 1.54) is 61.8 Å². The Hall–Kier alpha value is -3.19. The summed E-state index contributed by atoms with van der Waals surface area (Å²) in [7, 11) is 0. The number of pyridine rings is 1. The molecule has 1 radical (unpaired) electrons. The molecule has 1 unspecified atom stereocenters. The van der Waals surface area contributed by atoms with Crippen LogP contribution in [-0.2, 0) is 6.42 Å². The van der Waals surface area contributed by atoms with E-state index < -0.39 is 0 Å². The lowest BCUT2D eigenvalue weighted by molar-refractivity contribution is 0.622. The largest absolute Gasteiger partial charge is 0.254 e. The van der Waals surface area contributed by atoms with Crippen LogP contribution in [0.2, 0.25) is 0 Å². The van der Waals surface area contributed by atoms with Crippen molar-refractivity contribution in [2.24, 2.45) is 0 Å². The van der Waals surface area contributed by atoms with Gasteiger partial charge in [-0.25, -0.2) is 0 Å². The lowest BCUT2D eigenvalue weighted by Crippen LogP contribution is -2.12. The fourth-order valence-corrected chi connectivity index (χ4v) is 5.10. The first-order chi connectivity index (χ1) is 13.9. The summed E-state index contributed by atoms with van der Waals surface area (Å²) in [4.78, 5) is 4.28. The van der Waals surface area contributed by atoms with Crippen molar-refractivity contribution >= 4 is 32.3 Å². The molecule has 0 saturated carbocycles. The predicted molar refractivity (Wildman–Crippen MR) is 117 cm³/mol. The van der Waals surface area contributed by atoms with E-state index in [1.54, 1.807) is 0 Å². The maximum absolute atomic E-state index is 4.28. The van der Waals surface area contributed by atoms with E-state index in [0.717, 1.165) is 6.42 Å². The molecule has 0 fully saturated rings. The third-order valence-electron chi connectivity index (χ3n) is 6.38. The zero-order chi connectivity index (χ0) is 18.5. The van der Waals surface area contributed by atoms with Crippen LogP contribution < -0.4 is 0 Å². The zero-order valence-corrected chi connectivity index (χ0v) is 15.7. The Bertz CT molecular complexity index is 1340. The number of hydrogen-bond donors (Lipinski definition) is 0. The Morgan fingerprint density at radius 1 is 0.714 bits per heavy atom. The third-order valence-corrected chi connectivity index (χ3v) is 6.38. The Balaban J connectivity index is 1.61. The van der Waals surface area contributed by atoms with Gasteiger partial charge in [0, 0.05) is 17.5 Å². The molecule has 1 aliphatic rings. The number of hydrogen-bond acceptors (Lipinski definition) is 1. The van der Waals surface area contributed by atoms with Crippen LogP contribution >= 0.6 is 0 Å². The highest BCUT2D eigenvalue weighted by Crippen LogP contribution is 2.42. The number of benzene rings is 4. The van der Waals surface area contributed by atoms with E-state index in [4.69, 9.17) is 0 Å². The highest BCUT2D eigenvalue weighted by molar-refractivity contribution is 6.08. The second-order valence-corrected chi connectivity index (χ2v) is 7.83. The summed E-state index contributed by atoms with van der Waals surface area (Å²) in [6.07, 6.45) is 8.66. The maximum atomic E-state index is 4.28. The van der Waals surface area contributed by atoms with Crippen molar-refractivity contribution in [1.82, 2.24) is 4.98 Å². The number of nitrogens with zero attached hydrogens (tertiary/aromatic N) is 1. The van der Waals surface area contributed by atoms with Gasteiger partial charge in [-0.15, -0.1) is 0 Å². The van der Waals surface area contributed by atoms with Gasteiger partial charge in [0.2, 0.25) is 0 Å². The van der Waals surface area contributed by atoms with E-state index in [1.807, 2.05) is 6.20 Å². The van der Waals surface area contributed by atoms with Gasteiger partial charge >= 0.3 is 0 Å². The molecule has 1 nitrogen and oxygen atoms in total. The average molecular weight is 358 g/mol. The minimum absolute atomic E-state index is 0.420. The average Bonchev–Trinajstić information content (AvgIpc) is 2.78. The van der Waals surface area contributed by atoms with Crippen molar-refractivity contribution < 1.29 is 0 Å². The highest BCUT2D eigenvalue weighted by Gasteiger charge is 2.25. The van der Waals surface area contributed by atoms with E-state index in [9.17, 15) is 0 Å². The molecule has 1 aliphatic carbocycles. The summed E-state index contributed by atoms with van der Waals surface area (Å²) in [5, 5.41) is 7.87. The van der Waals surface area contributed by atoms with Crippen molar-refractivity contribution in [3.05, 3.63) is 102 Å². The molecule has 1 atom stereocenters. The van der Waals surface area contributed by atoms with Gasteiger partial charge in [-0.2, -0.15) is 0 Å². The molecule has 0 bridgehead atoms. The molecule has 1 aromatic heterocycles. The highest BCUT2D eigenvalue weighted by atomic mass is 14.6. The predicted octanol–water partition coefficient (Wildman–Crippen LogP) is 6.81. The molecule has 0 saturated heterocycles. The van der Waals surface area contributed by atoms with E-state index in [-0.39, 0.29) is 0 Å². The fraction of sp³-hybridized carbons (Fsp3) is 0.148. The Kier molecular flexibility index (Phi) is 3.49. The monoisotopic (exact) mass is 358 g/mol. The number of aromatic nitrogens is 1. The zero-order valence-electron chi connectivity index (χ0n) is 15.7. The van der Waals surface area contributed by atoms with Crippen molar-refractivity contribution in [3.63, 3.8) is 0 Å². The van der Waals surface area contributed by atoms with Crippen LogP contribution in [0, 0.1) is 6.20 Å². The molecule has 5 aromatic rings. The standard InChI is InChI=1S/C27H20N/c1-2-7-20-18(5-1)11-12-25-22-10-4-9-21(26(22)14-13-24(20)25)23-8-3-6-19-15-16-28-17-27(19)23/h1-3,5-8,11-16,21H,4,9-10H2. The lowest BCUT2D eigenvalue weighted by atomic mass is 9.76. The van der Waals surface area contributed by atoms with Crippen LogP contribution in [0.5, 0.6) is 0 Å². The smallest absolute Gasteiger partial charge is 0.0973 e. The van der Waals surface area contributed by atoms with Crippen molar-refractivity contribution in [2.45, 2.75) is 25.2 Å². The molecule has 0 aliphatic heterocycles. The van der Waals surface area contributed by atoms with Gasteiger partial charge in [0.15, 0.2) is 0 Å². The van der Waals surface area contributed by atoms with Crippen LogP contribution in [0.4, 0.5) is 0 Å². The van der Waals surface area contributed by atoms with Gasteiger partial charge in [0.05, 0.1) is 6.20 Å². The first-order valence-corrected chi connectivity index (χ1v) is 10.1. The molecule has 0 spiro atoms. The Morgan fingerprint density at radius 3 is 2.61 bits per heavy atom. The second kappa shape index (κ2) is 6.17. The van der Waals surface area contributed by atoms with Gasteiger partial charge in [0.25, 0.3) is 0 Å². The molecular formula is C27H20N. The summed E-state index contributed by atoms with van der Waals surface area (Å²) < 4.78 is 0. The molecule has 4 aromatic carbocycles. The normalized spacial score (nSPS) is 16.5. The minimum atomic E-state index is 0.420. The first kappa shape index (κ1) is 15.8. The topological polar surface area (TPSA) is 12.9 Å². The van der Waals surface area contributed by atoms with Gasteiger partial charge in [-0.3, -0.25) is 4.98 Å². The molecule has 0 N–H and O–H groups in total. The van der Waals surface area contributed by atoms with Gasteiger partial charge in [-0.1, -0.05) is 66.7 Å². The van der Waals surface area contributed by atoms with Crippen LogP contribution in [-0.4, -0.2) is 4.98 Å².